The largest absolute Gasteiger partial charge is 0.465 e. The summed E-state index contributed by atoms with van der Waals surface area (Å²) in [4.78, 5) is 14.1. The van der Waals surface area contributed by atoms with Gasteiger partial charge in [0.1, 0.15) is 0 Å². The number of piperidine rings is 1. The van der Waals surface area contributed by atoms with E-state index in [-0.39, 0.29) is 23.8 Å². The highest BCUT2D eigenvalue weighted by Crippen LogP contribution is 2.37. The van der Waals surface area contributed by atoms with Crippen molar-refractivity contribution in [1.29, 1.82) is 0 Å². The average Bonchev–Trinajstić information content (AvgIpc) is 2.58. The topological polar surface area (TPSA) is 29.5 Å². The van der Waals surface area contributed by atoms with Gasteiger partial charge in [0.05, 0.1) is 18.1 Å². The van der Waals surface area contributed by atoms with Gasteiger partial charge in [-0.2, -0.15) is 13.2 Å². The fraction of sp³-hybridized carbons (Fsp3) is 0.632. The van der Waals surface area contributed by atoms with E-state index in [2.05, 4.69) is 4.90 Å². The third-order valence-corrected chi connectivity index (χ3v) is 5.04. The van der Waals surface area contributed by atoms with Gasteiger partial charge in [0, 0.05) is 12.0 Å². The average molecular weight is 357 g/mol. The lowest BCUT2D eigenvalue weighted by Crippen LogP contribution is -2.38. The number of ether oxygens (including phenoxy) is 1. The number of benzene rings is 1. The van der Waals surface area contributed by atoms with Crippen molar-refractivity contribution in [3.63, 3.8) is 0 Å². The van der Waals surface area contributed by atoms with Crippen molar-refractivity contribution in [2.45, 2.75) is 45.3 Å². The molecular formula is C19H26F3NO2. The van der Waals surface area contributed by atoms with E-state index in [0.717, 1.165) is 43.5 Å². The molecule has 1 aromatic rings. The van der Waals surface area contributed by atoms with E-state index in [1.54, 1.807) is 12.1 Å². The van der Waals surface area contributed by atoms with Gasteiger partial charge in [-0.3, -0.25) is 9.69 Å². The van der Waals surface area contributed by atoms with Gasteiger partial charge in [0.25, 0.3) is 0 Å². The fourth-order valence-electron chi connectivity index (χ4n) is 3.33. The van der Waals surface area contributed by atoms with Gasteiger partial charge >= 0.3 is 12.1 Å². The van der Waals surface area contributed by atoms with Crippen LogP contribution in [0.1, 0.15) is 50.3 Å². The van der Waals surface area contributed by atoms with Crippen LogP contribution in [0.25, 0.3) is 0 Å². The monoisotopic (exact) mass is 357 g/mol. The Bertz CT molecular complexity index is 571. The fourth-order valence-corrected chi connectivity index (χ4v) is 3.33. The first-order chi connectivity index (χ1) is 11.7. The first-order valence-corrected chi connectivity index (χ1v) is 8.78. The van der Waals surface area contributed by atoms with E-state index in [9.17, 15) is 18.0 Å². The van der Waals surface area contributed by atoms with Crippen molar-refractivity contribution in [3.8, 4) is 0 Å². The van der Waals surface area contributed by atoms with Crippen molar-refractivity contribution in [3.05, 3.63) is 35.4 Å². The highest BCUT2D eigenvalue weighted by molar-refractivity contribution is 5.71. The molecule has 3 atom stereocenters. The van der Waals surface area contributed by atoms with Gasteiger partial charge in [-0.1, -0.05) is 26.0 Å². The number of nitrogens with zero attached hydrogens (tertiary/aromatic N) is 1. The Morgan fingerprint density at radius 3 is 2.52 bits per heavy atom. The maximum Gasteiger partial charge on any atom is 0.416 e. The Labute approximate surface area is 147 Å². The minimum atomic E-state index is -4.33. The van der Waals surface area contributed by atoms with E-state index in [4.69, 9.17) is 4.74 Å². The van der Waals surface area contributed by atoms with E-state index < -0.39 is 11.7 Å². The van der Waals surface area contributed by atoms with Crippen LogP contribution in [0.15, 0.2) is 24.3 Å². The Hall–Kier alpha value is -1.56. The van der Waals surface area contributed by atoms with Gasteiger partial charge in [-0.15, -0.1) is 0 Å². The normalized spacial score (nSPS) is 23.3. The Morgan fingerprint density at radius 1 is 1.32 bits per heavy atom. The van der Waals surface area contributed by atoms with E-state index in [1.807, 2.05) is 20.9 Å². The molecule has 1 aliphatic heterocycles. The summed E-state index contributed by atoms with van der Waals surface area (Å²) in [7, 11) is 1.96. The molecule has 1 heterocycles. The molecule has 0 aromatic heterocycles. The number of esters is 1. The predicted molar refractivity (Wildman–Crippen MR) is 90.0 cm³/mol. The van der Waals surface area contributed by atoms with Crippen LogP contribution in [0, 0.1) is 11.8 Å². The summed E-state index contributed by atoms with van der Waals surface area (Å²) in [6.45, 7) is 4.95. The summed E-state index contributed by atoms with van der Waals surface area (Å²) in [6.07, 6.45) is -1.73. The molecule has 0 spiro atoms. The second-order valence-electron chi connectivity index (χ2n) is 6.89. The molecule has 1 aliphatic rings. The van der Waals surface area contributed by atoms with Crippen LogP contribution < -0.4 is 0 Å². The lowest BCUT2D eigenvalue weighted by Gasteiger charge is -2.39. The maximum atomic E-state index is 12.8. The summed E-state index contributed by atoms with van der Waals surface area (Å²) in [5.74, 6) is -0.253. The van der Waals surface area contributed by atoms with Crippen molar-refractivity contribution < 1.29 is 22.7 Å². The molecular weight excluding hydrogens is 331 g/mol. The molecule has 3 nitrogen and oxygen atoms in total. The Morgan fingerprint density at radius 2 is 1.96 bits per heavy atom. The van der Waals surface area contributed by atoms with Crippen LogP contribution in [0.4, 0.5) is 13.2 Å². The Balaban J connectivity index is 2.12. The molecule has 0 aliphatic carbocycles. The van der Waals surface area contributed by atoms with Crippen LogP contribution in [0.3, 0.4) is 0 Å². The van der Waals surface area contributed by atoms with Gasteiger partial charge < -0.3 is 4.74 Å². The molecule has 6 heteroatoms. The maximum absolute atomic E-state index is 12.8. The molecule has 0 radical (unpaired) electrons. The number of likely N-dealkylation sites (tertiary alicyclic amines) is 1. The lowest BCUT2D eigenvalue weighted by molar-refractivity contribution is -0.150. The van der Waals surface area contributed by atoms with Gasteiger partial charge in [-0.25, -0.2) is 0 Å². The van der Waals surface area contributed by atoms with Crippen LogP contribution in [-0.4, -0.2) is 31.1 Å². The lowest BCUT2D eigenvalue weighted by atomic mass is 9.85. The number of hydrogen-bond donors (Lipinski definition) is 0. The van der Waals surface area contributed by atoms with Crippen LogP contribution >= 0.6 is 0 Å². The standard InChI is InChI=1S/C19H26F3NO2/c1-4-13(2)18(24)25-12-15-6-5-11-23(3)17(15)14-7-9-16(10-8-14)19(20,21)22/h7-10,13,15,17H,4-6,11-12H2,1-3H3/t13-,15-,17-/m0/s1. The predicted octanol–water partition coefficient (Wildman–Crippen LogP) is 4.68. The zero-order valence-corrected chi connectivity index (χ0v) is 15.0. The minimum Gasteiger partial charge on any atom is -0.465 e. The quantitative estimate of drug-likeness (QED) is 0.717. The summed E-state index contributed by atoms with van der Waals surface area (Å²) in [5.41, 5.74) is 0.189. The second kappa shape index (κ2) is 8.21. The first kappa shape index (κ1) is 19.8. The molecule has 0 amide bonds. The SMILES string of the molecule is CC[C@H](C)C(=O)OC[C@@H]1CCCN(C)[C@H]1c1ccc(C(F)(F)F)cc1. The number of carbonyl (C=O) groups excluding carboxylic acids is 1. The van der Waals surface area contributed by atoms with Gasteiger partial charge in [0.2, 0.25) is 0 Å². The van der Waals surface area contributed by atoms with E-state index in [0.29, 0.717) is 6.61 Å². The third-order valence-electron chi connectivity index (χ3n) is 5.04. The molecule has 140 valence electrons. The molecule has 1 aromatic carbocycles. The van der Waals surface area contributed by atoms with Crippen molar-refractivity contribution in [1.82, 2.24) is 4.90 Å². The number of alkyl halides is 3. The van der Waals surface area contributed by atoms with Crippen LogP contribution in [0.2, 0.25) is 0 Å². The Kier molecular flexibility index (Phi) is 6.49. The minimum absolute atomic E-state index is 0.0410. The molecule has 2 rings (SSSR count). The van der Waals surface area contributed by atoms with Gasteiger partial charge in [0.15, 0.2) is 0 Å². The van der Waals surface area contributed by atoms with Crippen LogP contribution in [0.5, 0.6) is 0 Å². The number of halogens is 3. The number of rotatable bonds is 5. The molecule has 1 fully saturated rings. The summed E-state index contributed by atoms with van der Waals surface area (Å²) >= 11 is 0. The smallest absolute Gasteiger partial charge is 0.416 e. The van der Waals surface area contributed by atoms with E-state index in [1.165, 1.54) is 0 Å². The number of carbonyl (C=O) groups is 1. The summed E-state index contributed by atoms with van der Waals surface area (Å²) in [5, 5.41) is 0. The molecule has 25 heavy (non-hydrogen) atoms. The molecule has 1 saturated heterocycles. The zero-order chi connectivity index (χ0) is 18.6. The van der Waals surface area contributed by atoms with E-state index >= 15 is 0 Å². The highest BCUT2D eigenvalue weighted by atomic mass is 19.4. The van der Waals surface area contributed by atoms with Crippen molar-refractivity contribution in [2.24, 2.45) is 11.8 Å². The van der Waals surface area contributed by atoms with Crippen molar-refractivity contribution >= 4 is 5.97 Å². The first-order valence-electron chi connectivity index (χ1n) is 8.78. The van der Waals surface area contributed by atoms with Gasteiger partial charge in [-0.05, 0) is 50.6 Å². The van der Waals surface area contributed by atoms with Crippen molar-refractivity contribution in [2.75, 3.05) is 20.2 Å². The molecule has 0 bridgehead atoms. The molecule has 0 saturated carbocycles. The zero-order valence-electron chi connectivity index (χ0n) is 15.0. The molecule has 0 N–H and O–H groups in total. The second-order valence-corrected chi connectivity index (χ2v) is 6.89. The highest BCUT2D eigenvalue weighted by Gasteiger charge is 2.34. The molecule has 0 unspecified atom stereocenters. The van der Waals surface area contributed by atoms with Crippen LogP contribution in [-0.2, 0) is 15.7 Å². The summed E-state index contributed by atoms with van der Waals surface area (Å²) in [6, 6.07) is 5.29. The number of hydrogen-bond acceptors (Lipinski definition) is 3. The summed E-state index contributed by atoms with van der Waals surface area (Å²) < 4.78 is 43.8. The third kappa shape index (κ3) is 4.97.